The molecule has 1 saturated heterocycles. The lowest BCUT2D eigenvalue weighted by molar-refractivity contribution is -0.111. The molecule has 0 radical (unpaired) electrons. The van der Waals surface area contributed by atoms with E-state index in [1.165, 1.54) is 40.4 Å². The number of rotatable bonds is 6. The molecule has 2 aromatic carbocycles. The fourth-order valence-electron chi connectivity index (χ4n) is 5.54. The van der Waals surface area contributed by atoms with Crippen molar-refractivity contribution in [3.63, 3.8) is 0 Å². The van der Waals surface area contributed by atoms with Crippen molar-refractivity contribution in [3.8, 4) is 0 Å². The minimum absolute atomic E-state index is 0.108. The van der Waals surface area contributed by atoms with Gasteiger partial charge in [0, 0.05) is 41.9 Å². The summed E-state index contributed by atoms with van der Waals surface area (Å²) in [7, 11) is 0. The summed E-state index contributed by atoms with van der Waals surface area (Å²) in [6.45, 7) is 4.50. The quantitative estimate of drug-likeness (QED) is 0.535. The van der Waals surface area contributed by atoms with Gasteiger partial charge in [-0.1, -0.05) is 18.2 Å². The predicted octanol–water partition coefficient (Wildman–Crippen LogP) is 5.34. The fourth-order valence-corrected chi connectivity index (χ4v) is 5.54. The van der Waals surface area contributed by atoms with Crippen molar-refractivity contribution < 1.29 is 19.4 Å². The van der Waals surface area contributed by atoms with Gasteiger partial charge in [-0.05, 0) is 73.4 Å². The Morgan fingerprint density at radius 3 is 2.79 bits per heavy atom. The highest BCUT2D eigenvalue weighted by atomic mass is 16.5. The van der Waals surface area contributed by atoms with Crippen LogP contribution in [0.25, 0.3) is 10.9 Å². The number of nitrogens with zero attached hydrogens (tertiary/aromatic N) is 1. The van der Waals surface area contributed by atoms with E-state index in [1.807, 2.05) is 18.3 Å². The molecule has 0 bridgehead atoms. The Morgan fingerprint density at radius 1 is 1.21 bits per heavy atom. The minimum Gasteiger partial charge on any atom is -0.478 e. The number of carbonyl (C=O) groups is 1. The molecule has 1 unspecified atom stereocenters. The normalized spacial score (nSPS) is 25.4. The molecule has 33 heavy (non-hydrogen) atoms. The van der Waals surface area contributed by atoms with E-state index in [2.05, 4.69) is 28.9 Å². The molecule has 3 aliphatic rings. The fraction of sp³-hybridized carbons (Fsp3) is 0.444. The molecule has 1 aromatic heterocycles. The first-order chi connectivity index (χ1) is 16.1. The van der Waals surface area contributed by atoms with E-state index in [0.29, 0.717) is 12.2 Å². The van der Waals surface area contributed by atoms with Gasteiger partial charge in [0.05, 0.1) is 18.3 Å². The molecule has 0 spiro atoms. The van der Waals surface area contributed by atoms with Gasteiger partial charge < -0.3 is 19.6 Å². The molecule has 6 rings (SSSR count). The third-order valence-corrected chi connectivity index (χ3v) is 7.52. The number of fused-ring (bicyclic) bond motifs is 3. The third kappa shape index (κ3) is 3.86. The highest BCUT2D eigenvalue weighted by molar-refractivity contribution is 5.88. The Bertz CT molecular complexity index is 1180. The molecule has 3 heterocycles. The molecule has 2 fully saturated rings. The molecule has 1 saturated carbocycles. The lowest BCUT2D eigenvalue weighted by Gasteiger charge is -2.42. The average Bonchev–Trinajstić information content (AvgIpc) is 3.35. The van der Waals surface area contributed by atoms with E-state index < -0.39 is 5.97 Å². The highest BCUT2D eigenvalue weighted by Gasteiger charge is 2.40. The number of benzene rings is 2. The van der Waals surface area contributed by atoms with Gasteiger partial charge in [-0.2, -0.15) is 0 Å². The van der Waals surface area contributed by atoms with Gasteiger partial charge in [-0.15, -0.1) is 0 Å². The van der Waals surface area contributed by atoms with Crippen molar-refractivity contribution in [2.24, 2.45) is 5.92 Å². The number of aromatic amines is 1. The number of aromatic nitrogens is 1. The van der Waals surface area contributed by atoms with Gasteiger partial charge in [0.15, 0.2) is 0 Å². The van der Waals surface area contributed by atoms with Crippen LogP contribution in [0.5, 0.6) is 0 Å². The molecule has 2 aliphatic heterocycles. The molecule has 0 amide bonds. The van der Waals surface area contributed by atoms with Gasteiger partial charge in [0.1, 0.15) is 6.23 Å². The van der Waals surface area contributed by atoms with E-state index in [1.54, 1.807) is 12.1 Å². The molecule has 3 atom stereocenters. The maximum Gasteiger partial charge on any atom is 0.335 e. The zero-order chi connectivity index (χ0) is 22.5. The standard InChI is InChI=1S/C27H30N2O4/c1-16-12-20-15-33-26(24(20)22-8-10-28-25(16)22)29-11-9-21(32-14-17-2-3-17)13-23(29)18-4-6-19(7-5-18)27(30)31/h4-8,10,12,17,21,23,26,28H,2-3,9,11,13-15H2,1H3,(H,30,31)/t21-,23-,26?/m0/s1. The number of carboxylic acids is 1. The van der Waals surface area contributed by atoms with Crippen LogP contribution >= 0.6 is 0 Å². The number of aromatic carboxylic acids is 1. The topological polar surface area (TPSA) is 74.8 Å². The average molecular weight is 447 g/mol. The summed E-state index contributed by atoms with van der Waals surface area (Å²) in [6, 6.07) is 11.9. The van der Waals surface area contributed by atoms with E-state index >= 15 is 0 Å². The van der Waals surface area contributed by atoms with E-state index in [4.69, 9.17) is 9.47 Å². The summed E-state index contributed by atoms with van der Waals surface area (Å²) in [5.41, 5.74) is 6.38. The summed E-state index contributed by atoms with van der Waals surface area (Å²) < 4.78 is 12.7. The Morgan fingerprint density at radius 2 is 2.03 bits per heavy atom. The van der Waals surface area contributed by atoms with Crippen LogP contribution in [0.3, 0.4) is 0 Å². The Labute approximate surface area is 193 Å². The Kier molecular flexibility index (Phi) is 5.24. The molecule has 3 aromatic rings. The summed E-state index contributed by atoms with van der Waals surface area (Å²) >= 11 is 0. The SMILES string of the molecule is Cc1cc2c(c3cc[nH]c13)C(N1CC[C@H](OCC3CC3)C[C@H]1c1ccc(C(=O)O)cc1)OC2. The summed E-state index contributed by atoms with van der Waals surface area (Å²) in [5.74, 6) is -0.155. The smallest absolute Gasteiger partial charge is 0.335 e. The molecule has 172 valence electrons. The lowest BCUT2D eigenvalue weighted by Crippen LogP contribution is -2.42. The lowest BCUT2D eigenvalue weighted by atomic mass is 9.90. The van der Waals surface area contributed by atoms with Crippen LogP contribution in [0, 0.1) is 12.8 Å². The monoisotopic (exact) mass is 446 g/mol. The molecular weight excluding hydrogens is 416 g/mol. The number of nitrogens with one attached hydrogen (secondary N) is 1. The van der Waals surface area contributed by atoms with E-state index in [-0.39, 0.29) is 18.4 Å². The summed E-state index contributed by atoms with van der Waals surface area (Å²) in [4.78, 5) is 17.2. The molecule has 2 N–H and O–H groups in total. The van der Waals surface area contributed by atoms with Crippen LogP contribution in [-0.2, 0) is 16.1 Å². The number of piperidine rings is 1. The Hall–Kier alpha value is -2.67. The van der Waals surface area contributed by atoms with Crippen LogP contribution in [0.15, 0.2) is 42.6 Å². The van der Waals surface area contributed by atoms with Gasteiger partial charge >= 0.3 is 5.97 Å². The highest BCUT2D eigenvalue weighted by Crippen LogP contribution is 2.46. The van der Waals surface area contributed by atoms with Gasteiger partial charge in [0.25, 0.3) is 0 Å². The maximum atomic E-state index is 11.4. The minimum atomic E-state index is -0.897. The van der Waals surface area contributed by atoms with E-state index in [9.17, 15) is 9.90 Å². The van der Waals surface area contributed by atoms with Crippen molar-refractivity contribution in [3.05, 3.63) is 70.4 Å². The van der Waals surface area contributed by atoms with Crippen molar-refractivity contribution in [2.75, 3.05) is 13.2 Å². The summed E-state index contributed by atoms with van der Waals surface area (Å²) in [5, 5.41) is 10.6. The van der Waals surface area contributed by atoms with Crippen LogP contribution in [0.2, 0.25) is 0 Å². The maximum absolute atomic E-state index is 11.4. The van der Waals surface area contributed by atoms with Crippen LogP contribution < -0.4 is 0 Å². The molecule has 6 nitrogen and oxygen atoms in total. The second-order valence-corrected chi connectivity index (χ2v) is 9.80. The first-order valence-electron chi connectivity index (χ1n) is 12.0. The molecular formula is C27H30N2O4. The number of carboxylic acid groups (broad SMARTS) is 1. The Balaban J connectivity index is 1.34. The first kappa shape index (κ1) is 20.9. The number of hydrogen-bond donors (Lipinski definition) is 2. The van der Waals surface area contributed by atoms with E-state index in [0.717, 1.165) is 37.5 Å². The van der Waals surface area contributed by atoms with Crippen LogP contribution in [0.4, 0.5) is 0 Å². The van der Waals surface area contributed by atoms with Crippen LogP contribution in [-0.4, -0.2) is 40.2 Å². The number of aryl methyl sites for hydroxylation is 1. The van der Waals surface area contributed by atoms with Gasteiger partial charge in [-0.25, -0.2) is 4.79 Å². The predicted molar refractivity (Wildman–Crippen MR) is 125 cm³/mol. The van der Waals surface area contributed by atoms with Gasteiger partial charge in [0.2, 0.25) is 0 Å². The number of hydrogen-bond acceptors (Lipinski definition) is 4. The second-order valence-electron chi connectivity index (χ2n) is 9.80. The molecule has 6 heteroatoms. The van der Waals surface area contributed by atoms with Crippen molar-refractivity contribution in [2.45, 2.75) is 57.6 Å². The van der Waals surface area contributed by atoms with Gasteiger partial charge in [-0.3, -0.25) is 4.90 Å². The van der Waals surface area contributed by atoms with Crippen LogP contribution in [0.1, 0.15) is 70.6 Å². The zero-order valence-corrected chi connectivity index (χ0v) is 18.9. The summed E-state index contributed by atoms with van der Waals surface area (Å²) in [6.07, 6.45) is 6.55. The number of likely N-dealkylation sites (tertiary alicyclic amines) is 1. The zero-order valence-electron chi connectivity index (χ0n) is 18.9. The third-order valence-electron chi connectivity index (χ3n) is 7.52. The van der Waals surface area contributed by atoms with Crippen molar-refractivity contribution in [1.82, 2.24) is 9.88 Å². The first-order valence-corrected chi connectivity index (χ1v) is 12.0. The largest absolute Gasteiger partial charge is 0.478 e. The number of ether oxygens (including phenoxy) is 2. The second kappa shape index (κ2) is 8.28. The van der Waals surface area contributed by atoms with Crippen molar-refractivity contribution in [1.29, 1.82) is 0 Å². The molecule has 1 aliphatic carbocycles. The van der Waals surface area contributed by atoms with Crippen molar-refractivity contribution >= 4 is 16.9 Å². The number of H-pyrrole nitrogens is 1.